The summed E-state index contributed by atoms with van der Waals surface area (Å²) in [5.41, 5.74) is 4.70. The highest BCUT2D eigenvalue weighted by Crippen LogP contribution is 2.44. The van der Waals surface area contributed by atoms with E-state index in [0.717, 1.165) is 0 Å². The van der Waals surface area contributed by atoms with Crippen molar-refractivity contribution in [2.75, 3.05) is 6.67 Å². The third kappa shape index (κ3) is 2.60. The minimum Gasteiger partial charge on any atom is -0.317 e. The molecule has 0 saturated heterocycles. The molecule has 1 amide bonds. The summed E-state index contributed by atoms with van der Waals surface area (Å²) in [5, 5.41) is -0.432. The summed E-state index contributed by atoms with van der Waals surface area (Å²) in [6, 6.07) is 0. The van der Waals surface area contributed by atoms with E-state index in [9.17, 15) is 17.6 Å². The van der Waals surface area contributed by atoms with Crippen LogP contribution in [0.25, 0.3) is 0 Å². The van der Waals surface area contributed by atoms with Crippen molar-refractivity contribution in [1.29, 1.82) is 0 Å². The van der Waals surface area contributed by atoms with Crippen molar-refractivity contribution in [3.63, 3.8) is 0 Å². The van der Waals surface area contributed by atoms with E-state index in [1.807, 2.05) is 4.72 Å². The Labute approximate surface area is 100.0 Å². The Morgan fingerprint density at radius 3 is 2.65 bits per heavy atom. The number of rotatable bonds is 6. The summed E-state index contributed by atoms with van der Waals surface area (Å²) >= 11 is 0. The second-order valence-electron chi connectivity index (χ2n) is 4.95. The highest BCUT2D eigenvalue weighted by atomic mass is 32.2. The van der Waals surface area contributed by atoms with Crippen LogP contribution in [0.3, 0.4) is 0 Å². The maximum absolute atomic E-state index is 12.0. The highest BCUT2D eigenvalue weighted by molar-refractivity contribution is 7.90. The molecule has 2 rings (SSSR count). The molecule has 0 aliphatic heterocycles. The molecular formula is C10H17FN2O3S. The third-order valence-corrected chi connectivity index (χ3v) is 5.28. The Morgan fingerprint density at radius 1 is 1.47 bits per heavy atom. The number of carbonyl (C=O) groups excluding carboxylic acids is 1. The number of halogens is 1. The lowest BCUT2D eigenvalue weighted by atomic mass is 10.1. The molecule has 0 aromatic heterocycles. The zero-order chi connectivity index (χ0) is 12.7. The molecule has 17 heavy (non-hydrogen) atoms. The molecule has 2 aliphatic rings. The monoisotopic (exact) mass is 264 g/mol. The first-order valence-corrected chi connectivity index (χ1v) is 7.35. The van der Waals surface area contributed by atoms with Gasteiger partial charge in [0, 0.05) is 0 Å². The van der Waals surface area contributed by atoms with Gasteiger partial charge in [-0.1, -0.05) is 0 Å². The van der Waals surface area contributed by atoms with Crippen LogP contribution in [0.5, 0.6) is 0 Å². The summed E-state index contributed by atoms with van der Waals surface area (Å²) < 4.78 is 37.1. The van der Waals surface area contributed by atoms with E-state index < -0.39 is 33.4 Å². The summed E-state index contributed by atoms with van der Waals surface area (Å²) in [7, 11) is -3.53. The molecule has 98 valence electrons. The van der Waals surface area contributed by atoms with Crippen molar-refractivity contribution in [3.8, 4) is 0 Å². The summed E-state index contributed by atoms with van der Waals surface area (Å²) in [6.45, 7) is -0.436. The van der Waals surface area contributed by atoms with Gasteiger partial charge in [0.15, 0.2) is 0 Å². The Hall–Kier alpha value is -0.690. The number of nitrogens with two attached hydrogens (primary N) is 1. The van der Waals surface area contributed by atoms with Crippen molar-refractivity contribution >= 4 is 15.9 Å². The fourth-order valence-corrected chi connectivity index (χ4v) is 3.37. The average molecular weight is 264 g/mol. The normalized spacial score (nSPS) is 32.2. The molecule has 2 aliphatic carbocycles. The summed E-state index contributed by atoms with van der Waals surface area (Å²) in [5.74, 6) is -0.721. The number of sulfonamides is 1. The molecule has 2 atom stereocenters. The zero-order valence-corrected chi connectivity index (χ0v) is 10.3. The van der Waals surface area contributed by atoms with Gasteiger partial charge in [-0.3, -0.25) is 13.9 Å². The molecule has 7 heteroatoms. The van der Waals surface area contributed by atoms with Gasteiger partial charge in [-0.15, -0.1) is 0 Å². The molecular weight excluding hydrogens is 247 g/mol. The summed E-state index contributed by atoms with van der Waals surface area (Å²) in [6.07, 6.45) is 2.55. The lowest BCUT2D eigenvalue weighted by Crippen LogP contribution is -2.47. The molecule has 0 bridgehead atoms. The number of carbonyl (C=O) groups is 1. The van der Waals surface area contributed by atoms with E-state index in [4.69, 9.17) is 5.73 Å². The van der Waals surface area contributed by atoms with E-state index in [2.05, 4.69) is 0 Å². The molecule has 2 saturated carbocycles. The second kappa shape index (κ2) is 4.20. The zero-order valence-electron chi connectivity index (χ0n) is 9.49. The minimum absolute atomic E-state index is 0.0901. The third-order valence-electron chi connectivity index (χ3n) is 3.46. The quantitative estimate of drug-likeness (QED) is 0.710. The minimum atomic E-state index is -3.53. The Bertz CT molecular complexity index is 421. The first-order valence-electron chi connectivity index (χ1n) is 5.81. The smallest absolute Gasteiger partial charge is 0.253 e. The van der Waals surface area contributed by atoms with Gasteiger partial charge in [-0.05, 0) is 38.0 Å². The molecule has 2 fully saturated rings. The van der Waals surface area contributed by atoms with Crippen molar-refractivity contribution < 1.29 is 17.6 Å². The molecule has 0 aromatic carbocycles. The van der Waals surface area contributed by atoms with E-state index >= 15 is 0 Å². The number of hydrogen-bond donors (Lipinski definition) is 2. The van der Waals surface area contributed by atoms with E-state index in [1.54, 1.807) is 0 Å². The van der Waals surface area contributed by atoms with Crippen LogP contribution in [0.4, 0.5) is 4.39 Å². The van der Waals surface area contributed by atoms with Crippen molar-refractivity contribution in [1.82, 2.24) is 4.72 Å². The predicted molar refractivity (Wildman–Crippen MR) is 60.3 cm³/mol. The molecule has 0 spiro atoms. The first kappa shape index (κ1) is 12.8. The van der Waals surface area contributed by atoms with Crippen molar-refractivity contribution in [2.45, 2.75) is 42.9 Å². The number of alkyl halides is 1. The van der Waals surface area contributed by atoms with Crippen LogP contribution in [0.1, 0.15) is 32.1 Å². The van der Waals surface area contributed by atoms with Crippen LogP contribution < -0.4 is 10.5 Å². The second-order valence-corrected chi connectivity index (χ2v) is 6.91. The van der Waals surface area contributed by atoms with Crippen LogP contribution in [0.2, 0.25) is 0 Å². The first-order chi connectivity index (χ1) is 7.90. The van der Waals surface area contributed by atoms with Gasteiger partial charge in [-0.2, -0.15) is 0 Å². The van der Waals surface area contributed by atoms with E-state index in [0.29, 0.717) is 32.1 Å². The van der Waals surface area contributed by atoms with Gasteiger partial charge < -0.3 is 5.73 Å². The Morgan fingerprint density at radius 2 is 2.12 bits per heavy atom. The topological polar surface area (TPSA) is 89.3 Å². The van der Waals surface area contributed by atoms with Crippen LogP contribution in [-0.4, -0.2) is 31.8 Å². The summed E-state index contributed by atoms with van der Waals surface area (Å²) in [4.78, 5) is 11.7. The number of nitrogens with one attached hydrogen (secondary N) is 1. The van der Waals surface area contributed by atoms with Crippen LogP contribution in [0, 0.1) is 5.92 Å². The fraction of sp³-hybridized carbons (Fsp3) is 0.900. The van der Waals surface area contributed by atoms with Gasteiger partial charge in [0.2, 0.25) is 10.0 Å². The molecule has 3 N–H and O–H groups in total. The van der Waals surface area contributed by atoms with Crippen LogP contribution in [0.15, 0.2) is 0 Å². The van der Waals surface area contributed by atoms with Crippen LogP contribution >= 0.6 is 0 Å². The lowest BCUT2D eigenvalue weighted by molar-refractivity contribution is -0.121. The van der Waals surface area contributed by atoms with Gasteiger partial charge in [0.1, 0.15) is 0 Å². The van der Waals surface area contributed by atoms with E-state index in [1.165, 1.54) is 0 Å². The van der Waals surface area contributed by atoms with Gasteiger partial charge in [0.05, 0.1) is 17.5 Å². The number of amides is 1. The fourth-order valence-electron chi connectivity index (χ4n) is 2.00. The highest BCUT2D eigenvalue weighted by Gasteiger charge is 2.57. The number of hydrogen-bond acceptors (Lipinski definition) is 4. The predicted octanol–water partition coefficient (Wildman–Crippen LogP) is 0.0619. The Balaban J connectivity index is 1.89. The van der Waals surface area contributed by atoms with Crippen LogP contribution in [-0.2, 0) is 14.8 Å². The Kier molecular flexibility index (Phi) is 3.15. The molecule has 0 aromatic rings. The van der Waals surface area contributed by atoms with Crippen molar-refractivity contribution in [3.05, 3.63) is 0 Å². The SMILES string of the molecule is N[C@]1(C(=O)NS(=O)(=O)C2CC2)C[C@H]1CCCF. The van der Waals surface area contributed by atoms with E-state index in [-0.39, 0.29) is 5.92 Å². The molecule has 0 radical (unpaired) electrons. The molecule has 0 unspecified atom stereocenters. The van der Waals surface area contributed by atoms with Gasteiger partial charge >= 0.3 is 0 Å². The van der Waals surface area contributed by atoms with Gasteiger partial charge in [0.25, 0.3) is 5.91 Å². The lowest BCUT2D eigenvalue weighted by Gasteiger charge is -2.12. The maximum atomic E-state index is 12.0. The van der Waals surface area contributed by atoms with Crippen molar-refractivity contribution in [2.24, 2.45) is 11.7 Å². The largest absolute Gasteiger partial charge is 0.317 e. The molecule has 0 heterocycles. The standard InChI is InChI=1S/C10H17FN2O3S/c11-5-1-2-7-6-10(7,12)9(14)13-17(15,16)8-3-4-8/h7-8H,1-6,12H2,(H,13,14)/t7-,10-/m1/s1. The molecule has 5 nitrogen and oxygen atoms in total. The average Bonchev–Trinajstić information content (AvgIpc) is 3.09. The van der Waals surface area contributed by atoms with Gasteiger partial charge in [-0.25, -0.2) is 8.42 Å². The maximum Gasteiger partial charge on any atom is 0.253 e.